The third-order valence-electron chi connectivity index (χ3n) is 4.33. The van der Waals surface area contributed by atoms with Gasteiger partial charge in [-0.1, -0.05) is 6.07 Å². The summed E-state index contributed by atoms with van der Waals surface area (Å²) in [5.41, 5.74) is 4.70. The van der Waals surface area contributed by atoms with Gasteiger partial charge in [-0.2, -0.15) is 0 Å². The van der Waals surface area contributed by atoms with Gasteiger partial charge in [0.05, 0.1) is 24.7 Å². The lowest BCUT2D eigenvalue weighted by Gasteiger charge is -2.11. The van der Waals surface area contributed by atoms with Gasteiger partial charge in [0, 0.05) is 35.8 Å². The molecule has 0 aliphatic carbocycles. The molecule has 3 aromatic heterocycles. The highest BCUT2D eigenvalue weighted by molar-refractivity contribution is 5.70. The molecule has 6 heteroatoms. The van der Waals surface area contributed by atoms with Crippen LogP contribution in [-0.4, -0.2) is 27.0 Å². The maximum Gasteiger partial charge on any atom is 0.139 e. The van der Waals surface area contributed by atoms with Gasteiger partial charge in [-0.05, 0) is 42.8 Å². The van der Waals surface area contributed by atoms with Gasteiger partial charge in [-0.25, -0.2) is 4.98 Å². The van der Waals surface area contributed by atoms with Crippen molar-refractivity contribution in [1.29, 1.82) is 0 Å². The Morgan fingerprint density at radius 3 is 2.68 bits per heavy atom. The monoisotopic (exact) mass is 372 g/mol. The largest absolute Gasteiger partial charge is 0.496 e. The maximum atomic E-state index is 5.86. The summed E-state index contributed by atoms with van der Waals surface area (Å²) >= 11 is 0. The van der Waals surface area contributed by atoms with Crippen molar-refractivity contribution in [2.45, 2.75) is 13.5 Å². The molecule has 4 aromatic rings. The third kappa shape index (κ3) is 3.86. The molecule has 6 nitrogen and oxygen atoms in total. The molecule has 0 aliphatic heterocycles. The van der Waals surface area contributed by atoms with Crippen LogP contribution in [0.15, 0.2) is 67.3 Å². The lowest BCUT2D eigenvalue weighted by atomic mass is 10.1. The SMILES string of the molecule is COc1cc(OCc2ccc(C)cn2)ccc1-c1cnc(-c2cccnc2)[nH]1. The third-order valence-corrected chi connectivity index (χ3v) is 4.33. The molecule has 1 N–H and O–H groups in total. The van der Waals surface area contributed by atoms with E-state index in [1.54, 1.807) is 25.7 Å². The zero-order valence-electron chi connectivity index (χ0n) is 15.7. The van der Waals surface area contributed by atoms with Crippen molar-refractivity contribution < 1.29 is 9.47 Å². The Bertz CT molecular complexity index is 1060. The summed E-state index contributed by atoms with van der Waals surface area (Å²) in [4.78, 5) is 16.3. The standard InChI is InChI=1S/C22H20N4O2/c1-15-5-6-17(24-11-15)14-28-18-7-8-19(21(10-18)27-2)20-13-25-22(26-20)16-4-3-9-23-12-16/h3-13H,14H2,1-2H3,(H,25,26). The molecule has 0 saturated carbocycles. The van der Waals surface area contributed by atoms with E-state index in [0.29, 0.717) is 12.4 Å². The van der Waals surface area contributed by atoms with E-state index in [-0.39, 0.29) is 0 Å². The van der Waals surface area contributed by atoms with Crippen LogP contribution in [0.2, 0.25) is 0 Å². The van der Waals surface area contributed by atoms with Crippen LogP contribution in [0.3, 0.4) is 0 Å². The molecular formula is C22H20N4O2. The van der Waals surface area contributed by atoms with Crippen LogP contribution in [0.1, 0.15) is 11.3 Å². The fourth-order valence-electron chi connectivity index (χ4n) is 2.83. The Kier molecular flexibility index (Phi) is 5.01. The molecule has 0 fully saturated rings. The Morgan fingerprint density at radius 1 is 1.00 bits per heavy atom. The van der Waals surface area contributed by atoms with Gasteiger partial charge in [-0.3, -0.25) is 9.97 Å². The number of nitrogens with one attached hydrogen (secondary N) is 1. The first-order chi connectivity index (χ1) is 13.7. The predicted octanol–water partition coefficient (Wildman–Crippen LogP) is 4.43. The Morgan fingerprint density at radius 2 is 1.93 bits per heavy atom. The molecule has 0 radical (unpaired) electrons. The number of methoxy groups -OCH3 is 1. The summed E-state index contributed by atoms with van der Waals surface area (Å²) in [6, 6.07) is 13.6. The van der Waals surface area contributed by atoms with E-state index < -0.39 is 0 Å². The number of ether oxygens (including phenoxy) is 2. The lowest BCUT2D eigenvalue weighted by Crippen LogP contribution is -1.99. The van der Waals surface area contributed by atoms with Gasteiger partial charge in [0.15, 0.2) is 0 Å². The number of aryl methyl sites for hydroxylation is 1. The summed E-state index contributed by atoms with van der Waals surface area (Å²) in [6.45, 7) is 2.41. The first-order valence-electron chi connectivity index (χ1n) is 8.91. The molecule has 0 saturated heterocycles. The number of imidazole rings is 1. The van der Waals surface area contributed by atoms with Crippen LogP contribution in [0.5, 0.6) is 11.5 Å². The van der Waals surface area contributed by atoms with Crippen LogP contribution in [0, 0.1) is 6.92 Å². The second kappa shape index (κ2) is 7.92. The van der Waals surface area contributed by atoms with E-state index in [1.807, 2.05) is 55.6 Å². The molecule has 28 heavy (non-hydrogen) atoms. The average molecular weight is 372 g/mol. The number of pyridine rings is 2. The Hall–Kier alpha value is -3.67. The summed E-state index contributed by atoms with van der Waals surface area (Å²) in [7, 11) is 1.64. The van der Waals surface area contributed by atoms with Crippen molar-refractivity contribution >= 4 is 0 Å². The van der Waals surface area contributed by atoms with Gasteiger partial charge in [-0.15, -0.1) is 0 Å². The van der Waals surface area contributed by atoms with Crippen molar-refractivity contribution in [2.75, 3.05) is 7.11 Å². The molecule has 0 aliphatic rings. The number of hydrogen-bond acceptors (Lipinski definition) is 5. The molecule has 1 aromatic carbocycles. The highest BCUT2D eigenvalue weighted by Crippen LogP contribution is 2.33. The fourth-order valence-corrected chi connectivity index (χ4v) is 2.83. The predicted molar refractivity (Wildman–Crippen MR) is 107 cm³/mol. The van der Waals surface area contributed by atoms with E-state index in [4.69, 9.17) is 9.47 Å². The first kappa shape index (κ1) is 17.7. The van der Waals surface area contributed by atoms with Crippen LogP contribution >= 0.6 is 0 Å². The number of aromatic amines is 1. The maximum absolute atomic E-state index is 5.86. The highest BCUT2D eigenvalue weighted by atomic mass is 16.5. The van der Waals surface area contributed by atoms with Gasteiger partial charge >= 0.3 is 0 Å². The summed E-state index contributed by atoms with van der Waals surface area (Å²) < 4.78 is 11.4. The zero-order chi connectivity index (χ0) is 19.3. The smallest absolute Gasteiger partial charge is 0.139 e. The van der Waals surface area contributed by atoms with Crippen molar-refractivity contribution in [3.8, 4) is 34.1 Å². The number of nitrogens with zero attached hydrogens (tertiary/aromatic N) is 3. The summed E-state index contributed by atoms with van der Waals surface area (Å²) in [6.07, 6.45) is 7.13. The molecule has 0 spiro atoms. The van der Waals surface area contributed by atoms with Gasteiger partial charge < -0.3 is 14.5 Å². The average Bonchev–Trinajstić information content (AvgIpc) is 3.24. The zero-order valence-corrected chi connectivity index (χ0v) is 15.7. The number of aromatic nitrogens is 4. The summed E-state index contributed by atoms with van der Waals surface area (Å²) in [5.74, 6) is 2.18. The van der Waals surface area contributed by atoms with Crippen LogP contribution in [0.25, 0.3) is 22.6 Å². The minimum absolute atomic E-state index is 0.401. The minimum Gasteiger partial charge on any atom is -0.496 e. The Labute approximate surface area is 163 Å². The molecule has 0 unspecified atom stereocenters. The molecule has 0 bridgehead atoms. The second-order valence-corrected chi connectivity index (χ2v) is 6.36. The molecule has 140 valence electrons. The van der Waals surface area contributed by atoms with E-state index >= 15 is 0 Å². The number of H-pyrrole nitrogens is 1. The lowest BCUT2D eigenvalue weighted by molar-refractivity contribution is 0.299. The van der Waals surface area contributed by atoms with Gasteiger partial charge in [0.1, 0.15) is 23.9 Å². The van der Waals surface area contributed by atoms with E-state index in [0.717, 1.165) is 39.7 Å². The van der Waals surface area contributed by atoms with Gasteiger partial charge in [0.25, 0.3) is 0 Å². The number of benzene rings is 1. The van der Waals surface area contributed by atoms with E-state index in [1.165, 1.54) is 0 Å². The van der Waals surface area contributed by atoms with Crippen molar-refractivity contribution in [3.63, 3.8) is 0 Å². The molecular weight excluding hydrogens is 352 g/mol. The van der Waals surface area contributed by atoms with Crippen LogP contribution in [0.4, 0.5) is 0 Å². The fraction of sp³-hybridized carbons (Fsp3) is 0.136. The van der Waals surface area contributed by atoms with E-state index in [2.05, 4.69) is 19.9 Å². The van der Waals surface area contributed by atoms with Gasteiger partial charge in [0.2, 0.25) is 0 Å². The normalized spacial score (nSPS) is 10.6. The number of hydrogen-bond donors (Lipinski definition) is 1. The molecule has 3 heterocycles. The van der Waals surface area contributed by atoms with Crippen LogP contribution < -0.4 is 9.47 Å². The van der Waals surface area contributed by atoms with Crippen molar-refractivity contribution in [2.24, 2.45) is 0 Å². The van der Waals surface area contributed by atoms with Crippen LogP contribution in [-0.2, 0) is 6.61 Å². The quantitative estimate of drug-likeness (QED) is 0.542. The molecule has 4 rings (SSSR count). The molecule has 0 atom stereocenters. The summed E-state index contributed by atoms with van der Waals surface area (Å²) in [5, 5.41) is 0. The minimum atomic E-state index is 0.401. The van der Waals surface area contributed by atoms with Crippen molar-refractivity contribution in [1.82, 2.24) is 19.9 Å². The Balaban J connectivity index is 1.54. The van der Waals surface area contributed by atoms with Crippen molar-refractivity contribution in [3.05, 3.63) is 78.5 Å². The second-order valence-electron chi connectivity index (χ2n) is 6.36. The van der Waals surface area contributed by atoms with E-state index in [9.17, 15) is 0 Å². The molecule has 0 amide bonds. The number of rotatable bonds is 6. The highest BCUT2D eigenvalue weighted by Gasteiger charge is 2.12. The first-order valence-corrected chi connectivity index (χ1v) is 8.91. The topological polar surface area (TPSA) is 72.9 Å².